The quantitative estimate of drug-likeness (QED) is 0.423. The van der Waals surface area contributed by atoms with Gasteiger partial charge in [0.15, 0.2) is 0 Å². The number of imide groups is 1. The number of amides is 3. The van der Waals surface area contributed by atoms with Crippen LogP contribution in [-0.4, -0.2) is 23.4 Å². The molecule has 27 heavy (non-hydrogen) atoms. The molecule has 0 bridgehead atoms. The smallest absolute Gasteiger partial charge is 0.329 e. The van der Waals surface area contributed by atoms with E-state index in [4.69, 9.17) is 4.74 Å². The third-order valence-corrected chi connectivity index (χ3v) is 4.32. The van der Waals surface area contributed by atoms with Gasteiger partial charge in [0.2, 0.25) is 0 Å². The van der Waals surface area contributed by atoms with E-state index in [1.54, 1.807) is 36.4 Å². The minimum absolute atomic E-state index is 0.128. The molecule has 0 saturated carbocycles. The van der Waals surface area contributed by atoms with Gasteiger partial charge in [-0.25, -0.2) is 9.18 Å². The van der Waals surface area contributed by atoms with Gasteiger partial charge in [-0.1, -0.05) is 34.1 Å². The number of nitrogens with one attached hydrogen (secondary N) is 1. The van der Waals surface area contributed by atoms with E-state index in [2.05, 4.69) is 27.8 Å². The molecule has 0 unspecified atom stereocenters. The Balaban J connectivity index is 1.85. The zero-order chi connectivity index (χ0) is 19.4. The molecule has 3 amide bonds. The normalized spacial score (nSPS) is 15.2. The van der Waals surface area contributed by atoms with E-state index in [1.807, 2.05) is 0 Å². The highest BCUT2D eigenvalue weighted by Crippen LogP contribution is 2.27. The number of urea groups is 1. The second-order valence-corrected chi connectivity index (χ2v) is 6.71. The highest BCUT2D eigenvalue weighted by atomic mass is 79.9. The van der Waals surface area contributed by atoms with Gasteiger partial charge in [-0.05, 0) is 42.0 Å². The van der Waals surface area contributed by atoms with E-state index in [0.29, 0.717) is 16.9 Å². The molecule has 138 valence electrons. The van der Waals surface area contributed by atoms with Crippen molar-refractivity contribution >= 4 is 33.9 Å². The van der Waals surface area contributed by atoms with Crippen molar-refractivity contribution in [3.8, 4) is 5.75 Å². The molecule has 1 aliphatic heterocycles. The number of rotatable bonds is 6. The van der Waals surface area contributed by atoms with E-state index >= 15 is 0 Å². The van der Waals surface area contributed by atoms with Gasteiger partial charge in [-0.2, -0.15) is 0 Å². The summed E-state index contributed by atoms with van der Waals surface area (Å²) in [4.78, 5) is 25.3. The number of ether oxygens (including phenoxy) is 1. The highest BCUT2D eigenvalue weighted by molar-refractivity contribution is 9.10. The van der Waals surface area contributed by atoms with Crippen molar-refractivity contribution in [1.82, 2.24) is 10.2 Å². The summed E-state index contributed by atoms with van der Waals surface area (Å²) in [6.07, 6.45) is 3.03. The zero-order valence-corrected chi connectivity index (χ0v) is 15.8. The van der Waals surface area contributed by atoms with Crippen molar-refractivity contribution < 1.29 is 18.7 Å². The molecule has 0 aliphatic carbocycles. The summed E-state index contributed by atoms with van der Waals surface area (Å²) in [6, 6.07) is 10.9. The Morgan fingerprint density at radius 3 is 2.78 bits per heavy atom. The van der Waals surface area contributed by atoms with Gasteiger partial charge < -0.3 is 10.1 Å². The number of hydrogen-bond donors (Lipinski definition) is 1. The summed E-state index contributed by atoms with van der Waals surface area (Å²) in [7, 11) is 0. The molecule has 3 rings (SSSR count). The average Bonchev–Trinajstić information content (AvgIpc) is 2.89. The standard InChI is InChI=1S/C20H16BrFN2O3/c1-2-8-24-19(25)17(23-20(24)26)11-14-10-15(21)6-7-18(14)27-12-13-4-3-5-16(22)9-13/h2-7,9-11H,1,8,12H2,(H,23,26)/b17-11+. The summed E-state index contributed by atoms with van der Waals surface area (Å²) >= 11 is 3.38. The molecule has 1 aliphatic rings. The molecular formula is C20H16BrFN2O3. The van der Waals surface area contributed by atoms with Crippen molar-refractivity contribution in [3.63, 3.8) is 0 Å². The first-order valence-corrected chi connectivity index (χ1v) is 8.89. The predicted molar refractivity (Wildman–Crippen MR) is 103 cm³/mol. The molecule has 1 heterocycles. The maximum Gasteiger partial charge on any atom is 0.329 e. The van der Waals surface area contributed by atoms with Gasteiger partial charge in [0.1, 0.15) is 23.9 Å². The molecule has 0 radical (unpaired) electrons. The number of benzene rings is 2. The van der Waals surface area contributed by atoms with E-state index in [0.717, 1.165) is 9.37 Å². The minimum Gasteiger partial charge on any atom is -0.488 e. The van der Waals surface area contributed by atoms with Crippen LogP contribution in [0.1, 0.15) is 11.1 Å². The van der Waals surface area contributed by atoms with Crippen molar-refractivity contribution in [3.05, 3.63) is 82.2 Å². The third kappa shape index (κ3) is 4.43. The van der Waals surface area contributed by atoms with Gasteiger partial charge in [-0.3, -0.25) is 9.69 Å². The Labute approximate surface area is 164 Å². The number of carbonyl (C=O) groups excluding carboxylic acids is 2. The van der Waals surface area contributed by atoms with Gasteiger partial charge in [-0.15, -0.1) is 6.58 Å². The minimum atomic E-state index is -0.497. The highest BCUT2D eigenvalue weighted by Gasteiger charge is 2.32. The molecule has 1 saturated heterocycles. The van der Waals surface area contributed by atoms with Gasteiger partial charge in [0, 0.05) is 16.6 Å². The molecule has 5 nitrogen and oxygen atoms in total. The summed E-state index contributed by atoms with van der Waals surface area (Å²) < 4.78 is 19.9. The monoisotopic (exact) mass is 430 g/mol. The van der Waals surface area contributed by atoms with Gasteiger partial charge >= 0.3 is 6.03 Å². The van der Waals surface area contributed by atoms with Crippen molar-refractivity contribution in [2.75, 3.05) is 6.54 Å². The maximum absolute atomic E-state index is 13.3. The Kier molecular flexibility index (Phi) is 5.71. The molecule has 7 heteroatoms. The predicted octanol–water partition coefficient (Wildman–Crippen LogP) is 4.25. The van der Waals surface area contributed by atoms with Crippen LogP contribution in [0.3, 0.4) is 0 Å². The van der Waals surface area contributed by atoms with E-state index < -0.39 is 11.9 Å². The lowest BCUT2D eigenvalue weighted by molar-refractivity contribution is -0.122. The number of carbonyl (C=O) groups is 2. The summed E-state index contributed by atoms with van der Waals surface area (Å²) in [6.45, 7) is 3.83. The Morgan fingerprint density at radius 1 is 1.22 bits per heavy atom. The fourth-order valence-electron chi connectivity index (χ4n) is 2.57. The first kappa shape index (κ1) is 18.8. The number of nitrogens with zero attached hydrogens (tertiary/aromatic N) is 1. The molecule has 0 aromatic heterocycles. The maximum atomic E-state index is 13.3. The molecule has 2 aromatic carbocycles. The van der Waals surface area contributed by atoms with Crippen LogP contribution < -0.4 is 10.1 Å². The largest absolute Gasteiger partial charge is 0.488 e. The summed E-state index contributed by atoms with van der Waals surface area (Å²) in [5.41, 5.74) is 1.43. The first-order valence-electron chi connectivity index (χ1n) is 8.10. The molecule has 0 atom stereocenters. The fraction of sp³-hybridized carbons (Fsp3) is 0.100. The van der Waals surface area contributed by atoms with Crippen LogP contribution in [0.2, 0.25) is 0 Å². The third-order valence-electron chi connectivity index (χ3n) is 3.83. The van der Waals surface area contributed by atoms with Crippen LogP contribution in [-0.2, 0) is 11.4 Å². The number of halogens is 2. The number of hydrogen-bond acceptors (Lipinski definition) is 3. The van der Waals surface area contributed by atoms with Crippen molar-refractivity contribution in [2.45, 2.75) is 6.61 Å². The average molecular weight is 431 g/mol. The Morgan fingerprint density at radius 2 is 2.04 bits per heavy atom. The zero-order valence-electron chi connectivity index (χ0n) is 14.2. The van der Waals surface area contributed by atoms with Crippen molar-refractivity contribution in [2.24, 2.45) is 0 Å². The molecule has 1 fully saturated rings. The SMILES string of the molecule is C=CCN1C(=O)N/C(=C/c2cc(Br)ccc2OCc2cccc(F)c2)C1=O. The van der Waals surface area contributed by atoms with Crippen LogP contribution in [0.25, 0.3) is 6.08 Å². The molecular weight excluding hydrogens is 415 g/mol. The van der Waals surface area contributed by atoms with E-state index in [9.17, 15) is 14.0 Å². The molecule has 0 spiro atoms. The lowest BCUT2D eigenvalue weighted by atomic mass is 10.1. The van der Waals surface area contributed by atoms with E-state index in [1.165, 1.54) is 18.2 Å². The summed E-state index contributed by atoms with van der Waals surface area (Å²) in [5.74, 6) is -0.272. The van der Waals surface area contributed by atoms with Crippen LogP contribution in [0, 0.1) is 5.82 Å². The lowest BCUT2D eigenvalue weighted by Gasteiger charge is -2.11. The first-order chi connectivity index (χ1) is 13.0. The van der Waals surface area contributed by atoms with Crippen molar-refractivity contribution in [1.29, 1.82) is 0 Å². The van der Waals surface area contributed by atoms with Crippen LogP contribution in [0.15, 0.2) is 65.3 Å². The Hall–Kier alpha value is -2.93. The lowest BCUT2D eigenvalue weighted by Crippen LogP contribution is -2.30. The second-order valence-electron chi connectivity index (χ2n) is 5.79. The van der Waals surface area contributed by atoms with E-state index in [-0.39, 0.29) is 24.7 Å². The fourth-order valence-corrected chi connectivity index (χ4v) is 2.95. The van der Waals surface area contributed by atoms with Gasteiger partial charge in [0.25, 0.3) is 5.91 Å². The van der Waals surface area contributed by atoms with Gasteiger partial charge in [0.05, 0.1) is 0 Å². The Bertz CT molecular complexity index is 943. The van der Waals surface area contributed by atoms with Crippen LogP contribution in [0.4, 0.5) is 9.18 Å². The topological polar surface area (TPSA) is 58.6 Å². The molecule has 1 N–H and O–H groups in total. The van der Waals surface area contributed by atoms with Crippen LogP contribution in [0.5, 0.6) is 5.75 Å². The van der Waals surface area contributed by atoms with Crippen LogP contribution >= 0.6 is 15.9 Å². The molecule has 2 aromatic rings. The summed E-state index contributed by atoms with van der Waals surface area (Å²) in [5, 5.41) is 2.55. The second kappa shape index (κ2) is 8.18.